The van der Waals surface area contributed by atoms with Crippen LogP contribution in [0.15, 0.2) is 184 Å². The first-order chi connectivity index (χ1) is 53.6. The number of nitrogens with zero attached hydrogens (tertiary/aromatic N) is 9. The van der Waals surface area contributed by atoms with Gasteiger partial charge in [0.25, 0.3) is 5.92 Å². The second kappa shape index (κ2) is 39.6. The summed E-state index contributed by atoms with van der Waals surface area (Å²) in [6.45, 7) is 6.35. The SMILES string of the molecule is CCOC(=O)C1=C(CN2CCC(/C=C/C(=O)O)C(F)(F)C2)NC(c2nccs2)=N[C@H]1c1ccc(F)cc1Br.CCOC(=O)C1=C(CN2CCC(/C=C/C(=O)O)C(F)C2)NC(c2nccs2)=N[C@H]1c1ccc(F)cc1Br.CCOC(=O)C1=C(CN2CCC(/C=C/C(=O)O)C(F)C2)NC(c2nccs2)=N[C@H]1c1ccc(F)cc1Cl. The number of likely N-dealkylation sites (tertiary alicyclic amines) is 3. The number of aliphatic imine (C=N–C) groups is 3. The van der Waals surface area contributed by atoms with Gasteiger partial charge in [-0.05, 0) is 107 Å². The topological polar surface area (TPSA) is 312 Å². The Labute approximate surface area is 671 Å². The van der Waals surface area contributed by atoms with E-state index >= 15 is 0 Å². The number of carboxylic acids is 3. The lowest BCUT2D eigenvalue weighted by Crippen LogP contribution is -2.50. The standard InChI is InChI=1S/C25H24BrF3N4O4S.C25H25BrF2N4O4S.C25H25ClF2N4O4S/c1-2-37-24(36)20-18(12-33-9-7-14(3-6-19(34)35)25(28,29)13-33)31-22(23-30-8-10-38-23)32-21(20)16-5-4-15(27)11-17(16)26;2*1-2-36-25(35)21-19(13-32-9-7-14(18(28)12-32)3-6-20(33)34)30-23(24-29-8-10-37-24)31-22(21)16-5-4-15(27)11-17(16)26/h3-6,8,10-11,14,21H,2,7,9,12-13H2,1H3,(H,31,32)(H,34,35);2*3-6,8,10-11,14,18,22H,2,7,9,12-13H2,1H3,(H,30,31)(H,33,34)/b3*6-3+/t14?,21-;2*14?,18?,22-/m000/s1. The molecule has 0 spiro atoms. The minimum Gasteiger partial charge on any atom is -0.478 e. The molecule has 6 aromatic rings. The summed E-state index contributed by atoms with van der Waals surface area (Å²) in [6, 6.07) is 9.41. The number of carboxylic acid groups (broad SMARTS) is 3. The van der Waals surface area contributed by atoms with E-state index in [1.54, 1.807) is 61.6 Å². The number of hydrogen-bond donors (Lipinski definition) is 6. The molecule has 3 aromatic carbocycles. The highest BCUT2D eigenvalue weighted by atomic mass is 79.9. The average Bonchev–Trinajstić information content (AvgIpc) is 1.02. The average molecular weight is 1760 g/mol. The third-order valence-corrected chi connectivity index (χ3v) is 22.3. The van der Waals surface area contributed by atoms with Crippen LogP contribution in [0, 0.1) is 35.2 Å². The number of carbonyl (C=O) groups is 6. The number of allylic oxidation sites excluding steroid dienone is 3. The van der Waals surface area contributed by atoms with Crippen LogP contribution in [0.2, 0.25) is 5.02 Å². The third kappa shape index (κ3) is 22.2. The van der Waals surface area contributed by atoms with Crippen molar-refractivity contribution in [3.63, 3.8) is 0 Å². The second-order valence-electron chi connectivity index (χ2n) is 25.7. The molecule has 594 valence electrons. The van der Waals surface area contributed by atoms with Gasteiger partial charge in [0.05, 0.1) is 43.1 Å². The van der Waals surface area contributed by atoms with Crippen molar-refractivity contribution in [1.29, 1.82) is 0 Å². The van der Waals surface area contributed by atoms with Crippen molar-refractivity contribution in [2.24, 2.45) is 32.7 Å². The largest absolute Gasteiger partial charge is 0.478 e. The summed E-state index contributed by atoms with van der Waals surface area (Å²) in [5, 5.41) is 43.2. The predicted molar refractivity (Wildman–Crippen MR) is 413 cm³/mol. The maximum absolute atomic E-state index is 14.9. The Hall–Kier alpha value is -9.14. The first-order valence-electron chi connectivity index (χ1n) is 35.0. The summed E-state index contributed by atoms with van der Waals surface area (Å²) < 4.78 is 118. The number of carbonyl (C=O) groups excluding carboxylic acids is 3. The zero-order chi connectivity index (χ0) is 80.5. The van der Waals surface area contributed by atoms with Gasteiger partial charge in [-0.2, -0.15) is 0 Å². The Bertz CT molecular complexity index is 4530. The number of rotatable bonds is 24. The summed E-state index contributed by atoms with van der Waals surface area (Å²) in [6.07, 6.45) is 9.63. The second-order valence-corrected chi connectivity index (χ2v) is 30.5. The van der Waals surface area contributed by atoms with Crippen LogP contribution in [0.1, 0.15) is 89.9 Å². The van der Waals surface area contributed by atoms with E-state index in [-0.39, 0.29) is 87.3 Å². The number of esters is 3. The van der Waals surface area contributed by atoms with Crippen molar-refractivity contribution in [2.75, 3.05) is 78.7 Å². The van der Waals surface area contributed by atoms with Crippen molar-refractivity contribution < 1.29 is 89.0 Å². The number of thiazole rings is 3. The number of alkyl halides is 4. The molecular weight excluding hydrogens is 1690 g/mol. The number of aromatic nitrogens is 3. The normalized spacial score (nSPS) is 22.3. The molecule has 8 atom stereocenters. The summed E-state index contributed by atoms with van der Waals surface area (Å²) >= 11 is 17.2. The van der Waals surface area contributed by atoms with E-state index in [0.717, 1.165) is 30.4 Å². The fourth-order valence-electron chi connectivity index (χ4n) is 13.1. The highest BCUT2D eigenvalue weighted by Gasteiger charge is 2.45. The summed E-state index contributed by atoms with van der Waals surface area (Å²) in [7, 11) is 0. The van der Waals surface area contributed by atoms with E-state index in [1.807, 2.05) is 9.80 Å². The molecule has 3 fully saturated rings. The highest BCUT2D eigenvalue weighted by Crippen LogP contribution is 2.42. The van der Waals surface area contributed by atoms with E-state index in [2.05, 4.69) is 62.8 Å². The molecule has 112 heavy (non-hydrogen) atoms. The van der Waals surface area contributed by atoms with Gasteiger partial charge in [0.2, 0.25) is 0 Å². The van der Waals surface area contributed by atoms with Crippen molar-refractivity contribution in [3.8, 4) is 0 Å². The van der Waals surface area contributed by atoms with Crippen LogP contribution in [0.25, 0.3) is 0 Å². The molecular formula is C75H74Br2ClF7N12O12S3. The molecule has 12 rings (SSSR count). The van der Waals surface area contributed by atoms with Crippen molar-refractivity contribution in [2.45, 2.75) is 76.4 Å². The molecule has 0 bridgehead atoms. The number of nitrogens with one attached hydrogen (secondary N) is 3. The summed E-state index contributed by atoms with van der Waals surface area (Å²) in [5.41, 5.74) is 3.30. The van der Waals surface area contributed by atoms with Gasteiger partial charge in [-0.1, -0.05) is 79.9 Å². The number of aliphatic carboxylic acids is 3. The molecule has 0 saturated carbocycles. The van der Waals surface area contributed by atoms with Crippen LogP contribution in [-0.2, 0) is 43.0 Å². The lowest BCUT2D eigenvalue weighted by atomic mass is 9.91. The van der Waals surface area contributed by atoms with Gasteiger partial charge < -0.3 is 45.5 Å². The molecule has 5 unspecified atom stereocenters. The smallest absolute Gasteiger partial charge is 0.338 e. The Balaban J connectivity index is 0.000000178. The zero-order valence-electron chi connectivity index (χ0n) is 59.9. The lowest BCUT2D eigenvalue weighted by molar-refractivity contribution is -0.139. The third-order valence-electron chi connectivity index (χ3n) is 18.2. The lowest BCUT2D eigenvalue weighted by Gasteiger charge is -2.38. The Morgan fingerprint density at radius 3 is 1.21 bits per heavy atom. The van der Waals surface area contributed by atoms with Gasteiger partial charge in [0.15, 0.2) is 32.5 Å². The molecule has 9 heterocycles. The van der Waals surface area contributed by atoms with Gasteiger partial charge in [-0.3, -0.25) is 29.7 Å². The molecule has 0 aliphatic carbocycles. The number of halogens is 10. The quantitative estimate of drug-likeness (QED) is 0.0142. The van der Waals surface area contributed by atoms with Gasteiger partial charge in [0.1, 0.15) is 47.9 Å². The monoisotopic (exact) mass is 1760 g/mol. The van der Waals surface area contributed by atoms with Crippen molar-refractivity contribution in [3.05, 3.63) is 223 Å². The zero-order valence-corrected chi connectivity index (χ0v) is 66.3. The van der Waals surface area contributed by atoms with Crippen molar-refractivity contribution >= 4 is 131 Å². The molecule has 3 saturated heterocycles. The minimum atomic E-state index is -3.19. The first kappa shape index (κ1) is 85.3. The summed E-state index contributed by atoms with van der Waals surface area (Å²) in [5.74, 6) is -11.1. The molecule has 6 aliphatic rings. The van der Waals surface area contributed by atoms with Crippen LogP contribution >= 0.6 is 77.5 Å². The predicted octanol–water partition coefficient (Wildman–Crippen LogP) is 12.9. The highest BCUT2D eigenvalue weighted by molar-refractivity contribution is 9.10. The van der Waals surface area contributed by atoms with Crippen LogP contribution in [-0.4, -0.2) is 195 Å². The number of amidine groups is 3. The molecule has 3 aromatic heterocycles. The molecule has 0 amide bonds. The Morgan fingerprint density at radius 2 is 0.884 bits per heavy atom. The molecule has 0 radical (unpaired) electrons. The van der Waals surface area contributed by atoms with Crippen LogP contribution in [0.3, 0.4) is 0 Å². The molecule has 6 aliphatic heterocycles. The first-order valence-corrected chi connectivity index (χ1v) is 39.6. The maximum atomic E-state index is 14.9. The Morgan fingerprint density at radius 1 is 0.536 bits per heavy atom. The molecule has 24 nitrogen and oxygen atoms in total. The van der Waals surface area contributed by atoms with E-state index in [0.29, 0.717) is 101 Å². The number of piperidine rings is 3. The maximum Gasteiger partial charge on any atom is 0.338 e. The van der Waals surface area contributed by atoms with E-state index in [9.17, 15) is 59.5 Å². The van der Waals surface area contributed by atoms with Gasteiger partial charge in [0, 0.05) is 140 Å². The molecule has 6 N–H and O–H groups in total. The van der Waals surface area contributed by atoms with Crippen LogP contribution in [0.4, 0.5) is 30.7 Å². The van der Waals surface area contributed by atoms with Gasteiger partial charge >= 0.3 is 35.8 Å². The Kier molecular flexibility index (Phi) is 30.1. The van der Waals surface area contributed by atoms with Crippen LogP contribution < -0.4 is 16.0 Å². The van der Waals surface area contributed by atoms with Crippen LogP contribution in [0.5, 0.6) is 0 Å². The fraction of sp³-hybridized carbons (Fsp3) is 0.360. The van der Waals surface area contributed by atoms with E-state index in [1.165, 1.54) is 93.5 Å². The number of ether oxygens (including phenoxy) is 3. The minimum absolute atomic E-state index is 0.0269. The van der Waals surface area contributed by atoms with E-state index < -0.39 is 114 Å². The fourth-order valence-corrected chi connectivity index (χ4v) is 16.2. The van der Waals surface area contributed by atoms with Gasteiger partial charge in [-0.15, -0.1) is 34.0 Å². The molecule has 37 heteroatoms. The summed E-state index contributed by atoms with van der Waals surface area (Å²) in [4.78, 5) is 104. The van der Waals surface area contributed by atoms with Crippen molar-refractivity contribution in [1.82, 2.24) is 45.6 Å². The van der Waals surface area contributed by atoms with E-state index in [4.69, 9.17) is 56.1 Å². The number of benzene rings is 3. The number of hydrogen-bond acceptors (Lipinski definition) is 24. The van der Waals surface area contributed by atoms with Gasteiger partial charge in [-0.25, -0.2) is 74.5 Å².